The van der Waals surface area contributed by atoms with Crippen molar-refractivity contribution < 1.29 is 5.11 Å². The molecule has 4 nitrogen and oxygen atoms in total. The Morgan fingerprint density at radius 3 is 3.36 bits per heavy atom. The van der Waals surface area contributed by atoms with Crippen molar-refractivity contribution in [3.63, 3.8) is 0 Å². The van der Waals surface area contributed by atoms with Gasteiger partial charge < -0.3 is 15.3 Å². The smallest absolute Gasteiger partial charge is 0.209 e. The number of hydrogen-bond donors (Lipinski definition) is 2. The van der Waals surface area contributed by atoms with Gasteiger partial charge in [-0.05, 0) is 6.08 Å². The average molecular weight is 151 g/mol. The number of rotatable bonds is 0. The van der Waals surface area contributed by atoms with Crippen molar-refractivity contribution in [2.24, 2.45) is 4.99 Å². The minimum Gasteiger partial charge on any atom is -0.493 e. The molecule has 0 radical (unpaired) electrons. The first-order valence-electron chi connectivity index (χ1n) is 3.51. The summed E-state index contributed by atoms with van der Waals surface area (Å²) in [6, 6.07) is 0. The first-order valence-corrected chi connectivity index (χ1v) is 3.51. The van der Waals surface area contributed by atoms with E-state index in [0.717, 1.165) is 18.8 Å². The number of aliphatic hydroxyl groups excluding tert-OH is 1. The zero-order valence-corrected chi connectivity index (χ0v) is 5.99. The van der Waals surface area contributed by atoms with Crippen LogP contribution in [0.4, 0.5) is 0 Å². The summed E-state index contributed by atoms with van der Waals surface area (Å²) < 4.78 is 0. The standard InChI is InChI=1S/C7H9N3O/c11-7-6-1-2-8-5-10(6)4-3-9-7/h1-2,5,9,11H,3-4H2. The number of aliphatic imine (C=N–C) groups is 1. The predicted octanol–water partition coefficient (Wildman–Crippen LogP) is 0.174. The molecule has 0 atom stereocenters. The highest BCUT2D eigenvalue weighted by molar-refractivity contribution is 5.63. The van der Waals surface area contributed by atoms with Gasteiger partial charge in [0.25, 0.3) is 0 Å². The van der Waals surface area contributed by atoms with Crippen molar-refractivity contribution >= 4 is 6.34 Å². The molecule has 0 aromatic heterocycles. The summed E-state index contributed by atoms with van der Waals surface area (Å²) in [6.45, 7) is 1.61. The Morgan fingerprint density at radius 1 is 1.64 bits per heavy atom. The van der Waals surface area contributed by atoms with Gasteiger partial charge >= 0.3 is 0 Å². The molecule has 0 bridgehead atoms. The summed E-state index contributed by atoms with van der Waals surface area (Å²) in [6.07, 6.45) is 5.16. The Bertz CT molecular complexity index is 254. The second kappa shape index (κ2) is 2.30. The number of fused-ring (bicyclic) bond motifs is 1. The normalized spacial score (nSPS) is 21.6. The zero-order chi connectivity index (χ0) is 7.68. The van der Waals surface area contributed by atoms with E-state index in [0.29, 0.717) is 0 Å². The van der Waals surface area contributed by atoms with Gasteiger partial charge in [-0.1, -0.05) is 0 Å². The summed E-state index contributed by atoms with van der Waals surface area (Å²) in [7, 11) is 0. The molecule has 0 aromatic rings. The molecule has 2 heterocycles. The summed E-state index contributed by atoms with van der Waals surface area (Å²) in [5.74, 6) is 0.235. The molecule has 2 N–H and O–H groups in total. The van der Waals surface area contributed by atoms with Crippen LogP contribution in [0.25, 0.3) is 0 Å². The Morgan fingerprint density at radius 2 is 2.55 bits per heavy atom. The van der Waals surface area contributed by atoms with E-state index in [1.54, 1.807) is 18.6 Å². The van der Waals surface area contributed by atoms with Gasteiger partial charge in [0.1, 0.15) is 5.70 Å². The minimum absolute atomic E-state index is 0.235. The van der Waals surface area contributed by atoms with Crippen molar-refractivity contribution in [1.82, 2.24) is 10.2 Å². The van der Waals surface area contributed by atoms with Gasteiger partial charge in [0.05, 0.1) is 6.34 Å². The second-order valence-electron chi connectivity index (χ2n) is 2.43. The van der Waals surface area contributed by atoms with E-state index < -0.39 is 0 Å². The summed E-state index contributed by atoms with van der Waals surface area (Å²) >= 11 is 0. The lowest BCUT2D eigenvalue weighted by Crippen LogP contribution is -2.38. The molecule has 0 saturated heterocycles. The highest BCUT2D eigenvalue weighted by Crippen LogP contribution is 2.13. The fourth-order valence-electron chi connectivity index (χ4n) is 1.17. The number of hydrogen-bond acceptors (Lipinski definition) is 4. The maximum atomic E-state index is 9.32. The molecule has 0 spiro atoms. The third-order valence-corrected chi connectivity index (χ3v) is 1.72. The van der Waals surface area contributed by atoms with Crippen LogP contribution in [0, 0.1) is 0 Å². The topological polar surface area (TPSA) is 47.9 Å². The SMILES string of the molecule is OC1=C2C=CN=CN2CCN1. The van der Waals surface area contributed by atoms with Crippen LogP contribution in [0.3, 0.4) is 0 Å². The van der Waals surface area contributed by atoms with Crippen molar-refractivity contribution in [2.75, 3.05) is 13.1 Å². The van der Waals surface area contributed by atoms with Gasteiger partial charge in [-0.3, -0.25) is 0 Å². The monoisotopic (exact) mass is 151 g/mol. The predicted molar refractivity (Wildman–Crippen MR) is 42.0 cm³/mol. The van der Waals surface area contributed by atoms with Gasteiger partial charge in [-0.15, -0.1) is 0 Å². The van der Waals surface area contributed by atoms with Gasteiger partial charge in [-0.2, -0.15) is 0 Å². The van der Waals surface area contributed by atoms with E-state index in [-0.39, 0.29) is 5.88 Å². The fraction of sp³-hybridized carbons (Fsp3) is 0.286. The van der Waals surface area contributed by atoms with Crippen molar-refractivity contribution in [3.05, 3.63) is 23.9 Å². The third-order valence-electron chi connectivity index (χ3n) is 1.72. The lowest BCUT2D eigenvalue weighted by molar-refractivity contribution is 0.309. The number of aliphatic hydroxyl groups is 1. The van der Waals surface area contributed by atoms with Crippen LogP contribution in [-0.4, -0.2) is 29.4 Å². The maximum absolute atomic E-state index is 9.32. The molecule has 4 heteroatoms. The van der Waals surface area contributed by atoms with Crippen molar-refractivity contribution in [3.8, 4) is 0 Å². The molecule has 0 aromatic carbocycles. The molecule has 2 rings (SSSR count). The van der Waals surface area contributed by atoms with E-state index in [1.807, 2.05) is 4.90 Å². The van der Waals surface area contributed by atoms with Crippen LogP contribution in [-0.2, 0) is 0 Å². The van der Waals surface area contributed by atoms with E-state index >= 15 is 0 Å². The second-order valence-corrected chi connectivity index (χ2v) is 2.43. The molecule has 0 amide bonds. The van der Waals surface area contributed by atoms with E-state index in [2.05, 4.69) is 10.3 Å². The number of nitrogens with one attached hydrogen (secondary N) is 1. The first kappa shape index (κ1) is 6.27. The van der Waals surface area contributed by atoms with E-state index in [1.165, 1.54) is 0 Å². The highest BCUT2D eigenvalue weighted by atomic mass is 16.3. The van der Waals surface area contributed by atoms with Crippen LogP contribution in [0.5, 0.6) is 0 Å². The third kappa shape index (κ3) is 0.960. The van der Waals surface area contributed by atoms with Crippen molar-refractivity contribution in [1.29, 1.82) is 0 Å². The Labute approximate surface area is 64.5 Å². The molecule has 11 heavy (non-hydrogen) atoms. The molecule has 0 aliphatic carbocycles. The Hall–Kier alpha value is -1.45. The number of allylic oxidation sites excluding steroid dienone is 1. The summed E-state index contributed by atoms with van der Waals surface area (Å²) in [5.41, 5.74) is 0.797. The number of nitrogens with zero attached hydrogens (tertiary/aromatic N) is 2. The largest absolute Gasteiger partial charge is 0.493 e. The lowest BCUT2D eigenvalue weighted by atomic mass is 10.3. The van der Waals surface area contributed by atoms with Gasteiger partial charge in [0.15, 0.2) is 0 Å². The van der Waals surface area contributed by atoms with Crippen molar-refractivity contribution in [2.45, 2.75) is 0 Å². The summed E-state index contributed by atoms with van der Waals surface area (Å²) in [5, 5.41) is 12.2. The summed E-state index contributed by atoms with van der Waals surface area (Å²) in [4.78, 5) is 5.85. The fourth-order valence-corrected chi connectivity index (χ4v) is 1.17. The highest BCUT2D eigenvalue weighted by Gasteiger charge is 2.16. The minimum atomic E-state index is 0.235. The van der Waals surface area contributed by atoms with Crippen LogP contribution in [0.2, 0.25) is 0 Å². The van der Waals surface area contributed by atoms with Gasteiger partial charge in [-0.25, -0.2) is 4.99 Å². The zero-order valence-electron chi connectivity index (χ0n) is 5.99. The molecule has 0 unspecified atom stereocenters. The molecule has 2 aliphatic heterocycles. The van der Waals surface area contributed by atoms with Crippen LogP contribution >= 0.6 is 0 Å². The molecule has 58 valence electrons. The van der Waals surface area contributed by atoms with Crippen LogP contribution in [0.1, 0.15) is 0 Å². The van der Waals surface area contributed by atoms with E-state index in [9.17, 15) is 5.11 Å². The molecular formula is C7H9N3O. The molecular weight excluding hydrogens is 142 g/mol. The first-order chi connectivity index (χ1) is 5.38. The molecule has 0 saturated carbocycles. The van der Waals surface area contributed by atoms with Crippen LogP contribution in [0.15, 0.2) is 28.8 Å². The Kier molecular flexibility index (Phi) is 1.31. The maximum Gasteiger partial charge on any atom is 0.209 e. The molecule has 2 aliphatic rings. The van der Waals surface area contributed by atoms with Gasteiger partial charge in [0.2, 0.25) is 5.88 Å². The quantitative estimate of drug-likeness (QED) is 0.519. The van der Waals surface area contributed by atoms with Crippen LogP contribution < -0.4 is 5.32 Å². The molecule has 0 fully saturated rings. The van der Waals surface area contributed by atoms with E-state index in [4.69, 9.17) is 0 Å². The average Bonchev–Trinajstić information content (AvgIpc) is 2.06. The van der Waals surface area contributed by atoms with Gasteiger partial charge in [0, 0.05) is 19.3 Å². The lowest BCUT2D eigenvalue weighted by Gasteiger charge is -2.28. The Balaban J connectivity index is 2.36.